The summed E-state index contributed by atoms with van der Waals surface area (Å²) in [6.45, 7) is 0.669. The van der Waals surface area contributed by atoms with Gasteiger partial charge in [0.25, 0.3) is 0 Å². The molecular formula is C8H15N3O2. The molecule has 0 radical (unpaired) electrons. The molecule has 5 nitrogen and oxygen atoms in total. The highest BCUT2D eigenvalue weighted by Gasteiger charge is 2.11. The number of aliphatic hydroxyl groups excluding tert-OH is 1. The summed E-state index contributed by atoms with van der Waals surface area (Å²) in [6, 6.07) is 0. The number of aliphatic hydroxyl groups is 1. The maximum atomic E-state index is 9.66. The molecule has 0 aliphatic rings. The van der Waals surface area contributed by atoms with E-state index in [2.05, 4.69) is 10.3 Å². The molecule has 0 saturated heterocycles. The van der Waals surface area contributed by atoms with E-state index < -0.39 is 6.10 Å². The Labute approximate surface area is 77.3 Å². The summed E-state index contributed by atoms with van der Waals surface area (Å²) >= 11 is 0. The molecule has 1 atom stereocenters. The number of aryl methyl sites for hydroxylation is 1. The lowest BCUT2D eigenvalue weighted by Gasteiger charge is -2.08. The third-order valence-corrected chi connectivity index (χ3v) is 1.92. The first-order valence-electron chi connectivity index (χ1n) is 4.27. The first-order valence-corrected chi connectivity index (χ1v) is 4.27. The van der Waals surface area contributed by atoms with Crippen molar-refractivity contribution in [1.29, 1.82) is 0 Å². The minimum absolute atomic E-state index is 0.491. The van der Waals surface area contributed by atoms with Crippen LogP contribution in [0.3, 0.4) is 0 Å². The fourth-order valence-electron chi connectivity index (χ4n) is 1.17. The first kappa shape index (κ1) is 10.1. The van der Waals surface area contributed by atoms with Crippen LogP contribution < -0.4 is 0 Å². The molecule has 1 rings (SSSR count). The molecule has 13 heavy (non-hydrogen) atoms. The predicted molar refractivity (Wildman–Crippen MR) is 47.1 cm³/mol. The molecule has 1 aromatic heterocycles. The topological polar surface area (TPSA) is 60.2 Å². The van der Waals surface area contributed by atoms with Gasteiger partial charge in [0.1, 0.15) is 0 Å². The Kier molecular flexibility index (Phi) is 3.85. The van der Waals surface area contributed by atoms with Crippen LogP contribution in [0.15, 0.2) is 6.20 Å². The smallest absolute Gasteiger partial charge is 0.0973 e. The number of ether oxygens (including phenoxy) is 1. The Bertz CT molecular complexity index is 249. The van der Waals surface area contributed by atoms with Gasteiger partial charge in [-0.2, -0.15) is 0 Å². The summed E-state index contributed by atoms with van der Waals surface area (Å²) in [7, 11) is 3.42. The van der Waals surface area contributed by atoms with Crippen LogP contribution in [0.2, 0.25) is 0 Å². The van der Waals surface area contributed by atoms with E-state index in [0.717, 1.165) is 12.1 Å². The van der Waals surface area contributed by atoms with Gasteiger partial charge in [0.15, 0.2) is 0 Å². The molecule has 1 heterocycles. The molecule has 0 fully saturated rings. The van der Waals surface area contributed by atoms with Crippen molar-refractivity contribution in [2.45, 2.75) is 18.9 Å². The van der Waals surface area contributed by atoms with Gasteiger partial charge in [0, 0.05) is 20.8 Å². The van der Waals surface area contributed by atoms with Crippen LogP contribution in [0.25, 0.3) is 0 Å². The highest BCUT2D eigenvalue weighted by atomic mass is 16.5. The molecular weight excluding hydrogens is 170 g/mol. The van der Waals surface area contributed by atoms with Crippen LogP contribution in [0, 0.1) is 0 Å². The average Bonchev–Trinajstić information content (AvgIpc) is 2.52. The maximum Gasteiger partial charge on any atom is 0.0973 e. The lowest BCUT2D eigenvalue weighted by atomic mass is 10.1. The van der Waals surface area contributed by atoms with Crippen molar-refractivity contribution in [3.63, 3.8) is 0 Å². The summed E-state index contributed by atoms with van der Waals surface area (Å²) < 4.78 is 6.47. The summed E-state index contributed by atoms with van der Waals surface area (Å²) in [6.07, 6.45) is 2.60. The summed E-state index contributed by atoms with van der Waals surface area (Å²) in [5.74, 6) is 0. The van der Waals surface area contributed by atoms with E-state index in [4.69, 9.17) is 4.74 Å². The van der Waals surface area contributed by atoms with E-state index >= 15 is 0 Å². The van der Waals surface area contributed by atoms with Crippen molar-refractivity contribution in [3.05, 3.63) is 11.9 Å². The Morgan fingerprint density at radius 1 is 1.69 bits per heavy atom. The van der Waals surface area contributed by atoms with Gasteiger partial charge in [-0.15, -0.1) is 5.10 Å². The molecule has 0 amide bonds. The van der Waals surface area contributed by atoms with Gasteiger partial charge < -0.3 is 9.84 Å². The number of rotatable bonds is 5. The lowest BCUT2D eigenvalue weighted by Crippen LogP contribution is -2.06. The normalized spacial score (nSPS) is 13.2. The van der Waals surface area contributed by atoms with Gasteiger partial charge in [-0.3, -0.25) is 0 Å². The molecule has 5 heteroatoms. The lowest BCUT2D eigenvalue weighted by molar-refractivity contribution is 0.130. The largest absolute Gasteiger partial charge is 0.387 e. The first-order chi connectivity index (χ1) is 6.25. The molecule has 0 bridgehead atoms. The van der Waals surface area contributed by atoms with Crippen LogP contribution in [0.4, 0.5) is 0 Å². The third kappa shape index (κ3) is 2.78. The van der Waals surface area contributed by atoms with E-state index in [1.807, 2.05) is 0 Å². The van der Waals surface area contributed by atoms with E-state index in [1.165, 1.54) is 0 Å². The highest BCUT2D eigenvalue weighted by Crippen LogP contribution is 2.15. The zero-order chi connectivity index (χ0) is 9.68. The van der Waals surface area contributed by atoms with Gasteiger partial charge in [-0.25, -0.2) is 4.68 Å². The predicted octanol–water partition coefficient (Wildman–Crippen LogP) is 0.275. The van der Waals surface area contributed by atoms with Gasteiger partial charge in [-0.1, -0.05) is 5.21 Å². The Morgan fingerprint density at radius 2 is 2.46 bits per heavy atom. The molecule has 1 unspecified atom stereocenters. The maximum absolute atomic E-state index is 9.66. The van der Waals surface area contributed by atoms with Gasteiger partial charge in [0.05, 0.1) is 18.0 Å². The zero-order valence-electron chi connectivity index (χ0n) is 7.97. The van der Waals surface area contributed by atoms with Crippen LogP contribution in [0.1, 0.15) is 24.6 Å². The van der Waals surface area contributed by atoms with Crippen molar-refractivity contribution in [3.8, 4) is 0 Å². The minimum Gasteiger partial charge on any atom is -0.387 e. The van der Waals surface area contributed by atoms with Crippen LogP contribution in [-0.4, -0.2) is 33.8 Å². The van der Waals surface area contributed by atoms with Crippen LogP contribution >= 0.6 is 0 Å². The molecule has 1 aromatic rings. The van der Waals surface area contributed by atoms with Gasteiger partial charge >= 0.3 is 0 Å². The van der Waals surface area contributed by atoms with E-state index in [1.54, 1.807) is 25.0 Å². The summed E-state index contributed by atoms with van der Waals surface area (Å²) in [5, 5.41) is 17.1. The van der Waals surface area contributed by atoms with Crippen LogP contribution in [-0.2, 0) is 11.8 Å². The van der Waals surface area contributed by atoms with Crippen molar-refractivity contribution in [1.82, 2.24) is 15.0 Å². The summed E-state index contributed by atoms with van der Waals surface area (Å²) in [5.41, 5.74) is 0.746. The second-order valence-corrected chi connectivity index (χ2v) is 2.93. The Balaban J connectivity index is 2.39. The van der Waals surface area contributed by atoms with Crippen molar-refractivity contribution >= 4 is 0 Å². The second kappa shape index (κ2) is 4.94. The second-order valence-electron chi connectivity index (χ2n) is 2.93. The molecule has 0 spiro atoms. The monoisotopic (exact) mass is 185 g/mol. The molecule has 0 aliphatic heterocycles. The highest BCUT2D eigenvalue weighted by molar-refractivity contribution is 4.97. The average molecular weight is 185 g/mol. The molecule has 0 aromatic carbocycles. The number of methoxy groups -OCH3 is 1. The quantitative estimate of drug-likeness (QED) is 0.669. The van der Waals surface area contributed by atoms with Gasteiger partial charge in [-0.05, 0) is 12.8 Å². The number of nitrogens with zero attached hydrogens (tertiary/aromatic N) is 3. The molecule has 0 aliphatic carbocycles. The van der Waals surface area contributed by atoms with E-state index in [0.29, 0.717) is 13.0 Å². The summed E-state index contributed by atoms with van der Waals surface area (Å²) in [4.78, 5) is 0. The van der Waals surface area contributed by atoms with E-state index in [-0.39, 0.29) is 0 Å². The fraction of sp³-hybridized carbons (Fsp3) is 0.750. The van der Waals surface area contributed by atoms with E-state index in [9.17, 15) is 5.11 Å². The van der Waals surface area contributed by atoms with Crippen LogP contribution in [0.5, 0.6) is 0 Å². The van der Waals surface area contributed by atoms with Gasteiger partial charge in [0.2, 0.25) is 0 Å². The van der Waals surface area contributed by atoms with Crippen molar-refractivity contribution in [2.75, 3.05) is 13.7 Å². The Morgan fingerprint density at radius 3 is 3.00 bits per heavy atom. The number of aromatic nitrogens is 3. The molecule has 0 saturated carbocycles. The van der Waals surface area contributed by atoms with Crippen molar-refractivity contribution in [2.24, 2.45) is 7.05 Å². The third-order valence-electron chi connectivity index (χ3n) is 1.92. The number of hydrogen-bond acceptors (Lipinski definition) is 4. The fourth-order valence-corrected chi connectivity index (χ4v) is 1.17. The number of hydrogen-bond donors (Lipinski definition) is 1. The zero-order valence-corrected chi connectivity index (χ0v) is 7.97. The standard InChI is InChI=1S/C8H15N3O2/c1-11-7(6-9-10-11)8(12)4-3-5-13-2/h6,8,12H,3-5H2,1-2H3. The Hall–Kier alpha value is -0.940. The van der Waals surface area contributed by atoms with Crippen molar-refractivity contribution < 1.29 is 9.84 Å². The molecule has 74 valence electrons. The molecule has 1 N–H and O–H groups in total. The minimum atomic E-state index is -0.491. The SMILES string of the molecule is COCCCC(O)c1cnnn1C.